The van der Waals surface area contributed by atoms with E-state index in [1.165, 1.54) is 0 Å². The van der Waals surface area contributed by atoms with Gasteiger partial charge in [0.2, 0.25) is 5.91 Å². The molecule has 3 N–H and O–H groups in total. The second-order valence-corrected chi connectivity index (χ2v) is 3.99. The molecule has 1 aromatic rings. The first-order chi connectivity index (χ1) is 7.29. The Hall–Kier alpha value is -1.35. The van der Waals surface area contributed by atoms with Gasteiger partial charge in [-0.05, 0) is 24.0 Å². The van der Waals surface area contributed by atoms with Crippen molar-refractivity contribution in [2.24, 2.45) is 5.73 Å². The van der Waals surface area contributed by atoms with Crippen LogP contribution in [0.15, 0.2) is 24.3 Å². The van der Waals surface area contributed by atoms with Crippen molar-refractivity contribution in [3.05, 3.63) is 35.4 Å². The van der Waals surface area contributed by atoms with Gasteiger partial charge in [0, 0.05) is 12.6 Å². The Bertz CT molecular complexity index is 358. The summed E-state index contributed by atoms with van der Waals surface area (Å²) in [6.45, 7) is 0.493. The van der Waals surface area contributed by atoms with Crippen molar-refractivity contribution in [3.8, 4) is 0 Å². The fourth-order valence-electron chi connectivity index (χ4n) is 1.61. The van der Waals surface area contributed by atoms with Crippen LogP contribution in [-0.4, -0.2) is 11.9 Å². The first-order valence-electron chi connectivity index (χ1n) is 5.36. The smallest absolute Gasteiger partial charge is 0.224 e. The lowest BCUT2D eigenvalue weighted by Gasteiger charge is -2.07. The molecule has 1 amide bonds. The summed E-state index contributed by atoms with van der Waals surface area (Å²) in [6, 6.07) is 8.26. The second-order valence-electron chi connectivity index (χ2n) is 3.99. The van der Waals surface area contributed by atoms with Crippen LogP contribution in [0.5, 0.6) is 0 Å². The Morgan fingerprint density at radius 1 is 1.33 bits per heavy atom. The number of hydrogen-bond donors (Lipinski definition) is 2. The number of rotatable bonds is 4. The zero-order valence-corrected chi connectivity index (χ0v) is 8.70. The molecule has 1 aliphatic rings. The molecular weight excluding hydrogens is 188 g/mol. The van der Waals surface area contributed by atoms with Gasteiger partial charge in [0.25, 0.3) is 0 Å². The molecule has 2 rings (SSSR count). The van der Waals surface area contributed by atoms with E-state index in [4.69, 9.17) is 5.73 Å². The monoisotopic (exact) mass is 204 g/mol. The predicted octanol–water partition coefficient (Wildman–Crippen LogP) is 0.966. The Morgan fingerprint density at radius 2 is 2.00 bits per heavy atom. The maximum Gasteiger partial charge on any atom is 0.224 e. The average molecular weight is 204 g/mol. The Balaban J connectivity index is 1.98. The summed E-state index contributed by atoms with van der Waals surface area (Å²) in [7, 11) is 0. The van der Waals surface area contributed by atoms with E-state index in [1.54, 1.807) is 0 Å². The van der Waals surface area contributed by atoms with Gasteiger partial charge in [-0.1, -0.05) is 24.3 Å². The van der Waals surface area contributed by atoms with E-state index in [-0.39, 0.29) is 5.91 Å². The fraction of sp³-hybridized carbons (Fsp3) is 0.417. The number of hydrogen-bond acceptors (Lipinski definition) is 2. The lowest BCUT2D eigenvalue weighted by Crippen LogP contribution is -2.27. The van der Waals surface area contributed by atoms with Gasteiger partial charge in [0.1, 0.15) is 0 Å². The van der Waals surface area contributed by atoms with Crippen molar-refractivity contribution in [1.29, 1.82) is 0 Å². The van der Waals surface area contributed by atoms with E-state index < -0.39 is 0 Å². The number of amides is 1. The molecule has 1 aliphatic carbocycles. The Kier molecular flexibility index (Phi) is 3.02. The largest absolute Gasteiger partial charge is 0.353 e. The molecule has 1 fully saturated rings. The number of nitrogens with one attached hydrogen (secondary N) is 1. The van der Waals surface area contributed by atoms with E-state index in [9.17, 15) is 4.79 Å². The Labute approximate surface area is 89.7 Å². The summed E-state index contributed by atoms with van der Waals surface area (Å²) in [5.41, 5.74) is 7.71. The molecule has 0 aromatic heterocycles. The Morgan fingerprint density at radius 3 is 2.60 bits per heavy atom. The third-order valence-corrected chi connectivity index (χ3v) is 2.63. The second kappa shape index (κ2) is 4.45. The summed E-state index contributed by atoms with van der Waals surface area (Å²) in [6.07, 6.45) is 2.71. The molecular formula is C12H16N2O. The predicted molar refractivity (Wildman–Crippen MR) is 59.2 cm³/mol. The van der Waals surface area contributed by atoms with E-state index in [2.05, 4.69) is 5.32 Å². The standard InChI is InChI=1S/C12H16N2O/c13-8-10-4-2-1-3-9(10)7-12(15)14-11-5-6-11/h1-4,11H,5-8,13H2,(H,14,15). The van der Waals surface area contributed by atoms with E-state index >= 15 is 0 Å². The van der Waals surface area contributed by atoms with Gasteiger partial charge in [-0.15, -0.1) is 0 Å². The summed E-state index contributed by atoms with van der Waals surface area (Å²) < 4.78 is 0. The minimum absolute atomic E-state index is 0.110. The SMILES string of the molecule is NCc1ccccc1CC(=O)NC1CC1. The van der Waals surface area contributed by atoms with Crippen LogP contribution < -0.4 is 11.1 Å². The van der Waals surface area contributed by atoms with Crippen LogP contribution in [0, 0.1) is 0 Å². The molecule has 3 heteroatoms. The highest BCUT2D eigenvalue weighted by Crippen LogP contribution is 2.19. The zero-order valence-electron chi connectivity index (χ0n) is 8.70. The van der Waals surface area contributed by atoms with Crippen LogP contribution in [-0.2, 0) is 17.8 Å². The molecule has 0 atom stereocenters. The van der Waals surface area contributed by atoms with Gasteiger partial charge in [0.15, 0.2) is 0 Å². The highest BCUT2D eigenvalue weighted by Gasteiger charge is 2.23. The van der Waals surface area contributed by atoms with Crippen molar-refractivity contribution in [2.75, 3.05) is 0 Å². The van der Waals surface area contributed by atoms with Crippen molar-refractivity contribution >= 4 is 5.91 Å². The quantitative estimate of drug-likeness (QED) is 0.767. The summed E-state index contributed by atoms with van der Waals surface area (Å²) >= 11 is 0. The van der Waals surface area contributed by atoms with Crippen molar-refractivity contribution < 1.29 is 4.79 Å². The average Bonchev–Trinajstić information content (AvgIpc) is 3.02. The van der Waals surface area contributed by atoms with E-state index in [0.717, 1.165) is 24.0 Å². The van der Waals surface area contributed by atoms with Crippen LogP contribution in [0.1, 0.15) is 24.0 Å². The molecule has 1 aromatic carbocycles. The highest BCUT2D eigenvalue weighted by molar-refractivity contribution is 5.79. The number of carbonyl (C=O) groups is 1. The molecule has 0 unspecified atom stereocenters. The van der Waals surface area contributed by atoms with Crippen molar-refractivity contribution in [1.82, 2.24) is 5.32 Å². The minimum atomic E-state index is 0.110. The number of nitrogens with two attached hydrogens (primary N) is 1. The first kappa shape index (κ1) is 10.2. The maximum atomic E-state index is 11.6. The third-order valence-electron chi connectivity index (χ3n) is 2.63. The van der Waals surface area contributed by atoms with Crippen LogP contribution in [0.4, 0.5) is 0 Å². The lowest BCUT2D eigenvalue weighted by atomic mass is 10.0. The molecule has 0 spiro atoms. The molecule has 80 valence electrons. The molecule has 15 heavy (non-hydrogen) atoms. The first-order valence-corrected chi connectivity index (χ1v) is 5.36. The minimum Gasteiger partial charge on any atom is -0.353 e. The molecule has 0 heterocycles. The van der Waals surface area contributed by atoms with Crippen LogP contribution in [0.25, 0.3) is 0 Å². The van der Waals surface area contributed by atoms with Crippen LogP contribution >= 0.6 is 0 Å². The summed E-state index contributed by atoms with van der Waals surface area (Å²) in [5.74, 6) is 0.110. The lowest BCUT2D eigenvalue weighted by molar-refractivity contribution is -0.120. The summed E-state index contributed by atoms with van der Waals surface area (Å²) in [5, 5.41) is 2.97. The summed E-state index contributed by atoms with van der Waals surface area (Å²) in [4.78, 5) is 11.6. The molecule has 0 bridgehead atoms. The van der Waals surface area contributed by atoms with Crippen LogP contribution in [0.2, 0.25) is 0 Å². The molecule has 0 aliphatic heterocycles. The molecule has 0 radical (unpaired) electrons. The van der Waals surface area contributed by atoms with Gasteiger partial charge in [-0.3, -0.25) is 4.79 Å². The maximum absolute atomic E-state index is 11.6. The normalized spacial score (nSPS) is 15.0. The third kappa shape index (κ3) is 2.80. The van der Waals surface area contributed by atoms with Gasteiger partial charge in [-0.25, -0.2) is 0 Å². The van der Waals surface area contributed by atoms with E-state index in [1.807, 2.05) is 24.3 Å². The molecule has 0 saturated heterocycles. The van der Waals surface area contributed by atoms with Gasteiger partial charge >= 0.3 is 0 Å². The van der Waals surface area contributed by atoms with Gasteiger partial charge < -0.3 is 11.1 Å². The van der Waals surface area contributed by atoms with Crippen molar-refractivity contribution in [2.45, 2.75) is 31.8 Å². The molecule has 3 nitrogen and oxygen atoms in total. The van der Waals surface area contributed by atoms with Crippen LogP contribution in [0.3, 0.4) is 0 Å². The van der Waals surface area contributed by atoms with Gasteiger partial charge in [0.05, 0.1) is 6.42 Å². The van der Waals surface area contributed by atoms with Crippen molar-refractivity contribution in [3.63, 3.8) is 0 Å². The number of carbonyl (C=O) groups excluding carboxylic acids is 1. The number of benzene rings is 1. The fourth-order valence-corrected chi connectivity index (χ4v) is 1.61. The van der Waals surface area contributed by atoms with E-state index in [0.29, 0.717) is 19.0 Å². The highest BCUT2D eigenvalue weighted by atomic mass is 16.1. The molecule has 1 saturated carbocycles. The zero-order chi connectivity index (χ0) is 10.7. The topological polar surface area (TPSA) is 55.1 Å². The van der Waals surface area contributed by atoms with Gasteiger partial charge in [-0.2, -0.15) is 0 Å².